The van der Waals surface area contributed by atoms with Crippen LogP contribution < -0.4 is 0 Å². The molecule has 0 saturated carbocycles. The Hall–Kier alpha value is -1.73. The molecule has 0 saturated heterocycles. The van der Waals surface area contributed by atoms with Gasteiger partial charge >= 0.3 is 0 Å². The van der Waals surface area contributed by atoms with Gasteiger partial charge in [-0.15, -0.1) is 11.3 Å². The Kier molecular flexibility index (Phi) is 4.03. The summed E-state index contributed by atoms with van der Waals surface area (Å²) in [6, 6.07) is -0.0525. The molecule has 7 heteroatoms. The molecule has 1 atom stereocenters. The van der Waals surface area contributed by atoms with E-state index in [1.807, 2.05) is 24.9 Å². The Bertz CT molecular complexity index is 623. The van der Waals surface area contributed by atoms with E-state index >= 15 is 0 Å². The summed E-state index contributed by atoms with van der Waals surface area (Å²) in [6.45, 7) is 6.65. The molecule has 2 aromatic rings. The molecule has 3 rings (SSSR count). The first-order valence-corrected chi connectivity index (χ1v) is 7.97. The van der Waals surface area contributed by atoms with Gasteiger partial charge in [-0.1, -0.05) is 0 Å². The Morgan fingerprint density at radius 1 is 1.48 bits per heavy atom. The average Bonchev–Trinajstić information content (AvgIpc) is 3.15. The largest absolute Gasteiger partial charge is 0.375 e. The maximum atomic E-state index is 12.5. The highest BCUT2D eigenvalue weighted by atomic mass is 32.1. The monoisotopic (exact) mass is 306 g/mol. The fraction of sp³-hybridized carbons (Fsp3) is 0.500. The zero-order valence-electron chi connectivity index (χ0n) is 12.2. The van der Waals surface area contributed by atoms with Crippen LogP contribution in [-0.4, -0.2) is 38.5 Å². The zero-order valence-corrected chi connectivity index (χ0v) is 13.0. The van der Waals surface area contributed by atoms with Crippen molar-refractivity contribution in [2.24, 2.45) is 0 Å². The first-order chi connectivity index (χ1) is 10.2. The number of hydrogen-bond donors (Lipinski definition) is 0. The van der Waals surface area contributed by atoms with Gasteiger partial charge in [0.15, 0.2) is 0 Å². The van der Waals surface area contributed by atoms with Gasteiger partial charge in [0.05, 0.1) is 30.1 Å². The van der Waals surface area contributed by atoms with E-state index in [-0.39, 0.29) is 11.9 Å². The standard InChI is InChI=1S/C14H18N4O2S/c1-3-20-7-11-6-15-13-10(2)17(4-5-18(11)13)14(19)12-8-21-9-16-12/h6,8-10H,3-5,7H2,1-2H3. The molecule has 2 aromatic heterocycles. The van der Waals surface area contributed by atoms with Gasteiger partial charge in [0, 0.05) is 25.1 Å². The maximum absolute atomic E-state index is 12.5. The van der Waals surface area contributed by atoms with Crippen molar-refractivity contribution in [2.75, 3.05) is 13.2 Å². The number of carbonyl (C=O) groups excluding carboxylic acids is 1. The molecular weight excluding hydrogens is 288 g/mol. The van der Waals surface area contributed by atoms with Gasteiger partial charge in [0.2, 0.25) is 0 Å². The number of rotatable bonds is 4. The second-order valence-corrected chi connectivity index (χ2v) is 5.66. The summed E-state index contributed by atoms with van der Waals surface area (Å²) >= 11 is 1.44. The van der Waals surface area contributed by atoms with E-state index in [9.17, 15) is 4.79 Å². The summed E-state index contributed by atoms with van der Waals surface area (Å²) in [5, 5.41) is 1.79. The third-order valence-electron chi connectivity index (χ3n) is 3.74. The quantitative estimate of drug-likeness (QED) is 0.868. The molecule has 0 radical (unpaired) electrons. The second kappa shape index (κ2) is 5.95. The van der Waals surface area contributed by atoms with Gasteiger partial charge in [-0.3, -0.25) is 4.79 Å². The number of ether oxygens (including phenoxy) is 1. The van der Waals surface area contributed by atoms with Crippen LogP contribution in [0.1, 0.15) is 41.9 Å². The van der Waals surface area contributed by atoms with Gasteiger partial charge < -0.3 is 14.2 Å². The number of hydrogen-bond acceptors (Lipinski definition) is 5. The molecule has 6 nitrogen and oxygen atoms in total. The van der Waals surface area contributed by atoms with Crippen LogP contribution in [0.3, 0.4) is 0 Å². The number of thiazole rings is 1. The summed E-state index contributed by atoms with van der Waals surface area (Å²) in [4.78, 5) is 22.9. The maximum Gasteiger partial charge on any atom is 0.273 e. The van der Waals surface area contributed by atoms with Crippen LogP contribution >= 0.6 is 11.3 Å². The van der Waals surface area contributed by atoms with E-state index in [0.717, 1.165) is 18.1 Å². The predicted octanol–water partition coefficient (Wildman–Crippen LogP) is 2.09. The Balaban J connectivity index is 1.81. The van der Waals surface area contributed by atoms with Crippen molar-refractivity contribution in [2.45, 2.75) is 33.0 Å². The number of carbonyl (C=O) groups is 1. The lowest BCUT2D eigenvalue weighted by Gasteiger charge is -2.34. The lowest BCUT2D eigenvalue weighted by Crippen LogP contribution is -2.41. The molecule has 0 N–H and O–H groups in total. The average molecular weight is 306 g/mol. The van der Waals surface area contributed by atoms with Crippen molar-refractivity contribution < 1.29 is 9.53 Å². The van der Waals surface area contributed by atoms with Gasteiger partial charge in [-0.2, -0.15) is 0 Å². The van der Waals surface area contributed by atoms with Crippen molar-refractivity contribution >= 4 is 17.2 Å². The number of amides is 1. The van der Waals surface area contributed by atoms with Gasteiger partial charge in [-0.25, -0.2) is 9.97 Å². The lowest BCUT2D eigenvalue weighted by molar-refractivity contribution is 0.0624. The fourth-order valence-electron chi connectivity index (χ4n) is 2.62. The highest BCUT2D eigenvalue weighted by molar-refractivity contribution is 7.07. The topological polar surface area (TPSA) is 60.2 Å². The first kappa shape index (κ1) is 14.2. The molecule has 21 heavy (non-hydrogen) atoms. The van der Waals surface area contributed by atoms with Crippen molar-refractivity contribution in [3.63, 3.8) is 0 Å². The van der Waals surface area contributed by atoms with Crippen LogP contribution in [0.5, 0.6) is 0 Å². The molecule has 0 bridgehead atoms. The lowest BCUT2D eigenvalue weighted by atomic mass is 10.2. The van der Waals surface area contributed by atoms with Crippen LogP contribution in [0.2, 0.25) is 0 Å². The Labute approximate surface area is 127 Å². The summed E-state index contributed by atoms with van der Waals surface area (Å²) in [7, 11) is 0. The SMILES string of the molecule is CCOCc1cnc2n1CCN(C(=O)c1cscn1)C2C. The number of nitrogens with zero attached hydrogens (tertiary/aromatic N) is 4. The van der Waals surface area contributed by atoms with Crippen molar-refractivity contribution in [3.05, 3.63) is 34.3 Å². The third-order valence-corrected chi connectivity index (χ3v) is 4.33. The highest BCUT2D eigenvalue weighted by Crippen LogP contribution is 2.27. The van der Waals surface area contributed by atoms with Crippen LogP contribution in [0.15, 0.2) is 17.1 Å². The Morgan fingerprint density at radius 3 is 3.05 bits per heavy atom. The summed E-state index contributed by atoms with van der Waals surface area (Å²) in [6.07, 6.45) is 1.85. The fourth-order valence-corrected chi connectivity index (χ4v) is 3.15. The molecule has 0 spiro atoms. The van der Waals surface area contributed by atoms with E-state index in [4.69, 9.17) is 4.74 Å². The molecule has 1 amide bonds. The van der Waals surface area contributed by atoms with Crippen molar-refractivity contribution in [1.29, 1.82) is 0 Å². The number of fused-ring (bicyclic) bond motifs is 1. The molecule has 0 aliphatic carbocycles. The van der Waals surface area contributed by atoms with E-state index in [1.54, 1.807) is 10.9 Å². The molecular formula is C14H18N4O2S. The molecule has 0 aromatic carbocycles. The normalized spacial score (nSPS) is 17.8. The van der Waals surface area contributed by atoms with E-state index in [1.165, 1.54) is 11.3 Å². The van der Waals surface area contributed by atoms with Crippen LogP contribution in [0, 0.1) is 0 Å². The summed E-state index contributed by atoms with van der Waals surface area (Å²) in [5.41, 5.74) is 3.27. The minimum absolute atomic E-state index is 0.0237. The summed E-state index contributed by atoms with van der Waals surface area (Å²) < 4.78 is 7.62. The predicted molar refractivity (Wildman–Crippen MR) is 79.1 cm³/mol. The number of imidazole rings is 1. The van der Waals surface area contributed by atoms with Crippen LogP contribution in [0.25, 0.3) is 0 Å². The van der Waals surface area contributed by atoms with Crippen LogP contribution in [-0.2, 0) is 17.9 Å². The van der Waals surface area contributed by atoms with E-state index in [2.05, 4.69) is 14.5 Å². The smallest absolute Gasteiger partial charge is 0.273 e. The van der Waals surface area contributed by atoms with Crippen LogP contribution in [0.4, 0.5) is 0 Å². The van der Waals surface area contributed by atoms with Gasteiger partial charge in [0.25, 0.3) is 5.91 Å². The third kappa shape index (κ3) is 2.58. The molecule has 1 unspecified atom stereocenters. The minimum Gasteiger partial charge on any atom is -0.375 e. The number of aromatic nitrogens is 3. The van der Waals surface area contributed by atoms with Crippen molar-refractivity contribution in [3.8, 4) is 0 Å². The highest BCUT2D eigenvalue weighted by Gasteiger charge is 2.31. The van der Waals surface area contributed by atoms with E-state index < -0.39 is 0 Å². The van der Waals surface area contributed by atoms with Gasteiger partial charge in [-0.05, 0) is 13.8 Å². The Morgan fingerprint density at radius 2 is 2.33 bits per heavy atom. The first-order valence-electron chi connectivity index (χ1n) is 7.03. The molecule has 112 valence electrons. The second-order valence-electron chi connectivity index (χ2n) is 4.94. The summed E-state index contributed by atoms with van der Waals surface area (Å²) in [5.74, 6) is 0.892. The molecule has 1 aliphatic rings. The zero-order chi connectivity index (χ0) is 14.8. The molecule has 0 fully saturated rings. The van der Waals surface area contributed by atoms with E-state index in [0.29, 0.717) is 25.5 Å². The van der Waals surface area contributed by atoms with Gasteiger partial charge in [0.1, 0.15) is 11.5 Å². The molecule has 3 heterocycles. The minimum atomic E-state index is -0.0525. The molecule has 1 aliphatic heterocycles. The van der Waals surface area contributed by atoms with Crippen molar-refractivity contribution in [1.82, 2.24) is 19.4 Å².